The van der Waals surface area contributed by atoms with Crippen LogP contribution < -0.4 is 14.2 Å². The van der Waals surface area contributed by atoms with Crippen molar-refractivity contribution < 1.29 is 18.9 Å². The first-order valence-corrected chi connectivity index (χ1v) is 13.2. The van der Waals surface area contributed by atoms with Gasteiger partial charge in [0.2, 0.25) is 0 Å². The number of ether oxygens (including phenoxy) is 4. The number of hydrogen-bond donors (Lipinski definition) is 0. The van der Waals surface area contributed by atoms with Crippen LogP contribution in [0.5, 0.6) is 17.2 Å². The molecule has 0 spiro atoms. The van der Waals surface area contributed by atoms with Crippen LogP contribution in [0.4, 0.5) is 0 Å². The Morgan fingerprint density at radius 3 is 2.81 bits per heavy atom. The highest BCUT2D eigenvalue weighted by Gasteiger charge is 2.25. The summed E-state index contributed by atoms with van der Waals surface area (Å²) in [7, 11) is 1.71. The molecule has 6 nitrogen and oxygen atoms in total. The van der Waals surface area contributed by atoms with Gasteiger partial charge >= 0.3 is 0 Å². The SMILES string of the molecule is COc1ccc(CN2CCOc3c(cc(-c4nc5ccccc5s4)cc3OC3CCOC3)C2)cc1C. The number of para-hydroxylation sites is 1. The highest BCUT2D eigenvalue weighted by molar-refractivity contribution is 7.21. The van der Waals surface area contributed by atoms with Gasteiger partial charge in [-0.1, -0.05) is 24.3 Å². The number of aromatic nitrogens is 1. The minimum atomic E-state index is 0.0462. The highest BCUT2D eigenvalue weighted by atomic mass is 32.1. The predicted molar refractivity (Wildman–Crippen MR) is 142 cm³/mol. The lowest BCUT2D eigenvalue weighted by molar-refractivity contribution is 0.137. The second-order valence-electron chi connectivity index (χ2n) is 9.42. The fourth-order valence-corrected chi connectivity index (χ4v) is 5.91. The number of hydrogen-bond acceptors (Lipinski definition) is 7. The fourth-order valence-electron chi connectivity index (χ4n) is 4.96. The maximum Gasteiger partial charge on any atom is 0.165 e. The summed E-state index contributed by atoms with van der Waals surface area (Å²) >= 11 is 1.71. The molecule has 6 rings (SSSR count). The highest BCUT2D eigenvalue weighted by Crippen LogP contribution is 2.41. The Balaban J connectivity index is 1.34. The van der Waals surface area contributed by atoms with E-state index in [-0.39, 0.29) is 6.10 Å². The minimum Gasteiger partial charge on any atom is -0.496 e. The van der Waals surface area contributed by atoms with Crippen molar-refractivity contribution in [1.82, 2.24) is 9.88 Å². The van der Waals surface area contributed by atoms with E-state index < -0.39 is 0 Å². The van der Waals surface area contributed by atoms with Gasteiger partial charge in [0.1, 0.15) is 23.5 Å². The topological polar surface area (TPSA) is 53.1 Å². The van der Waals surface area contributed by atoms with Crippen molar-refractivity contribution >= 4 is 21.6 Å². The Morgan fingerprint density at radius 2 is 2.00 bits per heavy atom. The van der Waals surface area contributed by atoms with Crippen molar-refractivity contribution in [2.75, 3.05) is 33.5 Å². The Labute approximate surface area is 215 Å². The normalized spacial score (nSPS) is 18.0. The van der Waals surface area contributed by atoms with E-state index in [1.807, 2.05) is 12.1 Å². The third-order valence-electron chi connectivity index (χ3n) is 6.77. The first-order chi connectivity index (χ1) is 17.7. The zero-order valence-corrected chi connectivity index (χ0v) is 21.5. The molecule has 2 aliphatic heterocycles. The van der Waals surface area contributed by atoms with Gasteiger partial charge in [-0.2, -0.15) is 0 Å². The molecular formula is C29H30N2O4S. The summed E-state index contributed by atoms with van der Waals surface area (Å²) in [5.41, 5.74) is 5.62. The smallest absolute Gasteiger partial charge is 0.165 e. The monoisotopic (exact) mass is 502 g/mol. The van der Waals surface area contributed by atoms with Crippen LogP contribution in [-0.4, -0.2) is 49.5 Å². The van der Waals surface area contributed by atoms with Gasteiger partial charge in [0.15, 0.2) is 11.5 Å². The summed E-state index contributed by atoms with van der Waals surface area (Å²) in [4.78, 5) is 7.34. The molecule has 0 bridgehead atoms. The quantitative estimate of drug-likeness (QED) is 0.330. The van der Waals surface area contributed by atoms with Gasteiger partial charge in [-0.3, -0.25) is 4.90 Å². The molecule has 0 saturated carbocycles. The zero-order valence-electron chi connectivity index (χ0n) is 20.7. The molecule has 0 radical (unpaired) electrons. The summed E-state index contributed by atoms with van der Waals surface area (Å²) in [5.74, 6) is 2.56. The standard InChI is InChI=1S/C29H30N2O4S/c1-19-13-20(7-8-25(19)32-2)16-31-10-12-34-28-22(17-31)14-21(15-26(28)35-23-9-11-33-18-23)29-30-24-5-3-4-6-27(24)36-29/h3-8,13-15,23H,9-12,16-18H2,1-2H3. The molecule has 7 heteroatoms. The van der Waals surface area contributed by atoms with Gasteiger partial charge in [0.25, 0.3) is 0 Å². The van der Waals surface area contributed by atoms with Crippen LogP contribution in [0.3, 0.4) is 0 Å². The molecule has 186 valence electrons. The summed E-state index contributed by atoms with van der Waals surface area (Å²) in [6.07, 6.45) is 0.938. The van der Waals surface area contributed by atoms with Crippen molar-refractivity contribution in [2.45, 2.75) is 32.5 Å². The number of aryl methyl sites for hydroxylation is 1. The second-order valence-corrected chi connectivity index (χ2v) is 10.4. The summed E-state index contributed by atoms with van der Waals surface area (Å²) < 4.78 is 25.0. The molecule has 3 heterocycles. The lowest BCUT2D eigenvalue weighted by Crippen LogP contribution is -2.25. The molecule has 3 aromatic carbocycles. The fraction of sp³-hybridized carbons (Fsp3) is 0.345. The van der Waals surface area contributed by atoms with Gasteiger partial charge < -0.3 is 18.9 Å². The van der Waals surface area contributed by atoms with Crippen molar-refractivity contribution in [3.05, 3.63) is 71.3 Å². The van der Waals surface area contributed by atoms with Crippen LogP contribution in [0.2, 0.25) is 0 Å². The first-order valence-electron chi connectivity index (χ1n) is 12.4. The molecule has 1 atom stereocenters. The molecular weight excluding hydrogens is 472 g/mol. The summed E-state index contributed by atoms with van der Waals surface area (Å²) in [6, 6.07) is 19.0. The number of nitrogens with zero attached hydrogens (tertiary/aromatic N) is 2. The van der Waals surface area contributed by atoms with E-state index in [1.54, 1.807) is 18.4 Å². The number of methoxy groups -OCH3 is 1. The lowest BCUT2D eigenvalue weighted by Gasteiger charge is -2.21. The summed E-state index contributed by atoms with van der Waals surface area (Å²) in [6.45, 7) is 6.50. The molecule has 0 aliphatic carbocycles. The summed E-state index contributed by atoms with van der Waals surface area (Å²) in [5, 5.41) is 0.994. The second kappa shape index (κ2) is 10.1. The largest absolute Gasteiger partial charge is 0.496 e. The average Bonchev–Trinajstić information content (AvgIpc) is 3.50. The van der Waals surface area contributed by atoms with E-state index in [4.69, 9.17) is 23.9 Å². The van der Waals surface area contributed by atoms with E-state index in [9.17, 15) is 0 Å². The molecule has 1 saturated heterocycles. The van der Waals surface area contributed by atoms with Crippen molar-refractivity contribution in [2.24, 2.45) is 0 Å². The van der Waals surface area contributed by atoms with Crippen molar-refractivity contribution in [1.29, 1.82) is 0 Å². The predicted octanol–water partition coefficient (Wildman–Crippen LogP) is 5.84. The van der Waals surface area contributed by atoms with E-state index in [0.717, 1.165) is 77.1 Å². The third-order valence-corrected chi connectivity index (χ3v) is 7.85. The molecule has 0 N–H and O–H groups in total. The Morgan fingerprint density at radius 1 is 1.08 bits per heavy atom. The Bertz CT molecular complexity index is 1350. The Kier molecular flexibility index (Phi) is 6.52. The molecule has 1 unspecified atom stereocenters. The average molecular weight is 503 g/mol. The van der Waals surface area contributed by atoms with E-state index in [2.05, 4.69) is 54.3 Å². The molecule has 2 aliphatic rings. The van der Waals surface area contributed by atoms with Gasteiger partial charge in [0.05, 0.1) is 30.5 Å². The molecule has 36 heavy (non-hydrogen) atoms. The number of rotatable bonds is 6. The number of fused-ring (bicyclic) bond motifs is 2. The van der Waals surface area contributed by atoms with E-state index in [1.165, 1.54) is 10.3 Å². The first kappa shape index (κ1) is 23.3. The van der Waals surface area contributed by atoms with Crippen LogP contribution >= 0.6 is 11.3 Å². The molecule has 0 amide bonds. The number of benzene rings is 3. The van der Waals surface area contributed by atoms with Gasteiger partial charge in [-0.05, 0) is 48.4 Å². The minimum absolute atomic E-state index is 0.0462. The third kappa shape index (κ3) is 4.78. The van der Waals surface area contributed by atoms with E-state index in [0.29, 0.717) is 13.2 Å². The lowest BCUT2D eigenvalue weighted by atomic mass is 10.1. The van der Waals surface area contributed by atoms with Gasteiger partial charge in [0, 0.05) is 37.2 Å². The van der Waals surface area contributed by atoms with Gasteiger partial charge in [-0.15, -0.1) is 11.3 Å². The van der Waals surface area contributed by atoms with Crippen LogP contribution in [0.1, 0.15) is 23.1 Å². The van der Waals surface area contributed by atoms with Crippen molar-refractivity contribution in [3.8, 4) is 27.8 Å². The van der Waals surface area contributed by atoms with Crippen LogP contribution in [0, 0.1) is 6.92 Å². The van der Waals surface area contributed by atoms with Gasteiger partial charge in [-0.25, -0.2) is 4.98 Å². The van der Waals surface area contributed by atoms with Crippen LogP contribution in [0.15, 0.2) is 54.6 Å². The zero-order chi connectivity index (χ0) is 24.5. The molecule has 1 aromatic heterocycles. The van der Waals surface area contributed by atoms with Crippen LogP contribution in [0.25, 0.3) is 20.8 Å². The van der Waals surface area contributed by atoms with E-state index >= 15 is 0 Å². The number of thiazole rings is 1. The maximum atomic E-state index is 6.45. The van der Waals surface area contributed by atoms with Crippen molar-refractivity contribution in [3.63, 3.8) is 0 Å². The molecule has 1 fully saturated rings. The maximum absolute atomic E-state index is 6.45. The molecule has 4 aromatic rings. The Hall–Kier alpha value is -3.13. The van der Waals surface area contributed by atoms with Crippen LogP contribution in [-0.2, 0) is 17.8 Å².